The van der Waals surface area contributed by atoms with Crippen LogP contribution >= 0.6 is 39.7 Å². The van der Waals surface area contributed by atoms with Gasteiger partial charge in [0.05, 0.1) is 3.79 Å². The van der Waals surface area contributed by atoms with E-state index in [1.54, 1.807) is 0 Å². The van der Waals surface area contributed by atoms with Gasteiger partial charge in [-0.2, -0.15) is 0 Å². The largest absolute Gasteiger partial charge is 0.316 e. The van der Waals surface area contributed by atoms with Crippen molar-refractivity contribution < 1.29 is 0 Å². The van der Waals surface area contributed by atoms with Crippen LogP contribution in [0.4, 0.5) is 0 Å². The lowest BCUT2D eigenvalue weighted by molar-refractivity contribution is 0.143. The van der Waals surface area contributed by atoms with Crippen LogP contribution in [0, 0.1) is 11.8 Å². The number of hydrogen-bond acceptors (Lipinski definition) is 3. The van der Waals surface area contributed by atoms with Crippen LogP contribution in [0.2, 0.25) is 0 Å². The molecule has 2 aliphatic rings. The summed E-state index contributed by atoms with van der Waals surface area (Å²) in [6, 6.07) is 4.40. The minimum atomic E-state index is 0. The van der Waals surface area contributed by atoms with Crippen molar-refractivity contribution in [3.05, 3.63) is 20.8 Å². The summed E-state index contributed by atoms with van der Waals surface area (Å²) < 4.78 is 1.25. The highest BCUT2D eigenvalue weighted by Crippen LogP contribution is 2.29. The zero-order valence-corrected chi connectivity index (χ0v) is 12.9. The molecular formula is C12H18BrClN2S. The normalized spacial score (nSPS) is 28.8. The summed E-state index contributed by atoms with van der Waals surface area (Å²) in [5.41, 5.74) is 0. The third-order valence-corrected chi connectivity index (χ3v) is 5.41. The lowest BCUT2D eigenvalue weighted by Crippen LogP contribution is -2.39. The third-order valence-electron chi connectivity index (χ3n) is 3.80. The molecule has 0 aromatic carbocycles. The van der Waals surface area contributed by atoms with Crippen molar-refractivity contribution in [2.24, 2.45) is 11.8 Å². The highest BCUT2D eigenvalue weighted by Gasteiger charge is 2.32. The molecule has 2 aliphatic heterocycles. The van der Waals surface area contributed by atoms with E-state index in [1.807, 2.05) is 11.3 Å². The van der Waals surface area contributed by atoms with Gasteiger partial charge in [-0.3, -0.25) is 4.90 Å². The molecule has 0 radical (unpaired) electrons. The van der Waals surface area contributed by atoms with Gasteiger partial charge in [0.15, 0.2) is 0 Å². The minimum absolute atomic E-state index is 0. The van der Waals surface area contributed by atoms with Crippen LogP contribution in [0.25, 0.3) is 0 Å². The Morgan fingerprint density at radius 2 is 2.18 bits per heavy atom. The Morgan fingerprint density at radius 1 is 1.35 bits per heavy atom. The summed E-state index contributed by atoms with van der Waals surface area (Å²) in [5.74, 6) is 1.85. The molecule has 2 nitrogen and oxygen atoms in total. The number of likely N-dealkylation sites (tertiary alicyclic amines) is 1. The van der Waals surface area contributed by atoms with Crippen LogP contribution < -0.4 is 5.32 Å². The first-order valence-electron chi connectivity index (χ1n) is 5.98. The fourth-order valence-corrected chi connectivity index (χ4v) is 4.44. The van der Waals surface area contributed by atoms with E-state index in [0.29, 0.717) is 0 Å². The van der Waals surface area contributed by atoms with Crippen molar-refractivity contribution in [1.82, 2.24) is 10.2 Å². The van der Waals surface area contributed by atoms with E-state index >= 15 is 0 Å². The average molecular weight is 338 g/mol. The Labute approximate surface area is 121 Å². The molecule has 2 saturated heterocycles. The average Bonchev–Trinajstić information content (AvgIpc) is 2.87. The van der Waals surface area contributed by atoms with E-state index in [4.69, 9.17) is 0 Å². The van der Waals surface area contributed by atoms with E-state index < -0.39 is 0 Å². The number of fused-ring (bicyclic) bond motifs is 1. The second-order valence-electron chi connectivity index (χ2n) is 4.91. The van der Waals surface area contributed by atoms with E-state index in [0.717, 1.165) is 18.4 Å². The molecular weight excluding hydrogens is 320 g/mol. The van der Waals surface area contributed by atoms with E-state index in [1.165, 1.54) is 41.3 Å². The molecule has 0 bridgehead atoms. The molecule has 0 aliphatic carbocycles. The van der Waals surface area contributed by atoms with Gasteiger partial charge < -0.3 is 5.32 Å². The molecule has 1 N–H and O–H groups in total. The monoisotopic (exact) mass is 336 g/mol. The van der Waals surface area contributed by atoms with Crippen LogP contribution in [0.5, 0.6) is 0 Å². The van der Waals surface area contributed by atoms with Crippen molar-refractivity contribution in [1.29, 1.82) is 0 Å². The van der Waals surface area contributed by atoms with Gasteiger partial charge in [0.1, 0.15) is 0 Å². The van der Waals surface area contributed by atoms with Gasteiger partial charge in [0.25, 0.3) is 0 Å². The Balaban J connectivity index is 0.00000108. The summed E-state index contributed by atoms with van der Waals surface area (Å²) in [6.45, 7) is 6.18. The number of hydrogen-bond donors (Lipinski definition) is 1. The molecule has 2 unspecified atom stereocenters. The molecule has 3 heterocycles. The molecule has 0 amide bonds. The maximum Gasteiger partial charge on any atom is 0.0701 e. The molecule has 2 atom stereocenters. The van der Waals surface area contributed by atoms with Crippen LogP contribution in [-0.4, -0.2) is 31.1 Å². The predicted molar refractivity (Wildman–Crippen MR) is 79.0 cm³/mol. The van der Waals surface area contributed by atoms with Gasteiger partial charge >= 0.3 is 0 Å². The topological polar surface area (TPSA) is 15.3 Å². The molecule has 17 heavy (non-hydrogen) atoms. The molecule has 3 rings (SSSR count). The van der Waals surface area contributed by atoms with Gasteiger partial charge in [-0.05, 0) is 66.0 Å². The predicted octanol–water partition coefficient (Wildman–Crippen LogP) is 2.97. The number of thiophene rings is 1. The van der Waals surface area contributed by atoms with E-state index in [-0.39, 0.29) is 12.4 Å². The highest BCUT2D eigenvalue weighted by atomic mass is 79.9. The molecule has 5 heteroatoms. The fraction of sp³-hybridized carbons (Fsp3) is 0.667. The Hall–Kier alpha value is 0.390. The molecule has 1 aromatic rings. The standard InChI is InChI=1S/C12H17BrN2S.ClH/c13-12-2-1-11(16-12)8-15-4-3-9-5-14-6-10(9)7-15;/h1-2,9-10,14H,3-8H2;1H. The molecule has 2 fully saturated rings. The fourth-order valence-electron chi connectivity index (χ4n) is 2.91. The number of halogens is 2. The number of piperidine rings is 1. The van der Waals surface area contributed by atoms with Crippen molar-refractivity contribution in [3.63, 3.8) is 0 Å². The zero-order valence-electron chi connectivity index (χ0n) is 9.69. The first kappa shape index (κ1) is 13.8. The summed E-state index contributed by atoms with van der Waals surface area (Å²) >= 11 is 5.40. The van der Waals surface area contributed by atoms with Crippen molar-refractivity contribution >= 4 is 39.7 Å². The lowest BCUT2D eigenvalue weighted by Gasteiger charge is -2.34. The van der Waals surface area contributed by atoms with E-state index in [2.05, 4.69) is 38.3 Å². The van der Waals surface area contributed by atoms with Gasteiger partial charge in [-0.15, -0.1) is 23.7 Å². The summed E-state index contributed by atoms with van der Waals surface area (Å²) in [6.07, 6.45) is 1.38. The van der Waals surface area contributed by atoms with Crippen LogP contribution in [0.15, 0.2) is 15.9 Å². The Kier molecular flexibility index (Phi) is 4.89. The third kappa shape index (κ3) is 3.24. The van der Waals surface area contributed by atoms with Gasteiger partial charge in [-0.25, -0.2) is 0 Å². The zero-order chi connectivity index (χ0) is 11.0. The molecule has 0 spiro atoms. The van der Waals surface area contributed by atoms with Crippen molar-refractivity contribution in [2.75, 3.05) is 26.2 Å². The lowest BCUT2D eigenvalue weighted by atomic mass is 9.89. The second kappa shape index (κ2) is 6.02. The SMILES string of the molecule is Brc1ccc(CN2CCC3CNCC3C2)s1.Cl. The number of nitrogens with one attached hydrogen (secondary N) is 1. The Bertz CT molecular complexity index is 371. The number of nitrogens with zero attached hydrogens (tertiary/aromatic N) is 1. The molecule has 0 saturated carbocycles. The van der Waals surface area contributed by atoms with Crippen molar-refractivity contribution in [2.45, 2.75) is 13.0 Å². The van der Waals surface area contributed by atoms with Crippen molar-refractivity contribution in [3.8, 4) is 0 Å². The number of rotatable bonds is 2. The quantitative estimate of drug-likeness (QED) is 0.892. The highest BCUT2D eigenvalue weighted by molar-refractivity contribution is 9.11. The summed E-state index contributed by atoms with van der Waals surface area (Å²) in [4.78, 5) is 4.10. The van der Waals surface area contributed by atoms with Crippen LogP contribution in [-0.2, 0) is 6.54 Å². The first-order valence-corrected chi connectivity index (χ1v) is 7.59. The maximum atomic E-state index is 3.53. The van der Waals surface area contributed by atoms with E-state index in [9.17, 15) is 0 Å². The maximum absolute atomic E-state index is 3.53. The minimum Gasteiger partial charge on any atom is -0.316 e. The van der Waals surface area contributed by atoms with Gasteiger partial charge in [0, 0.05) is 18.0 Å². The Morgan fingerprint density at radius 3 is 2.94 bits per heavy atom. The summed E-state index contributed by atoms with van der Waals surface area (Å²) in [7, 11) is 0. The van der Waals surface area contributed by atoms with Crippen LogP contribution in [0.1, 0.15) is 11.3 Å². The van der Waals surface area contributed by atoms with Crippen LogP contribution in [0.3, 0.4) is 0 Å². The smallest absolute Gasteiger partial charge is 0.0701 e. The summed E-state index contributed by atoms with van der Waals surface area (Å²) in [5, 5.41) is 3.52. The van der Waals surface area contributed by atoms with Gasteiger partial charge in [0.2, 0.25) is 0 Å². The van der Waals surface area contributed by atoms with Gasteiger partial charge in [-0.1, -0.05) is 0 Å². The second-order valence-corrected chi connectivity index (χ2v) is 7.46. The first-order chi connectivity index (χ1) is 7.81. The molecule has 96 valence electrons. The molecule has 1 aromatic heterocycles.